The van der Waals surface area contributed by atoms with Gasteiger partial charge in [0.15, 0.2) is 5.82 Å². The van der Waals surface area contributed by atoms with Gasteiger partial charge in [-0.2, -0.15) is 4.98 Å². The van der Waals surface area contributed by atoms with Crippen molar-refractivity contribution in [2.24, 2.45) is 0 Å². The summed E-state index contributed by atoms with van der Waals surface area (Å²) in [5.74, 6) is 1.19. The maximum atomic E-state index is 13.5. The van der Waals surface area contributed by atoms with Crippen molar-refractivity contribution in [3.05, 3.63) is 47.4 Å². The highest BCUT2D eigenvalue weighted by molar-refractivity contribution is 5.21. The molecule has 1 fully saturated rings. The van der Waals surface area contributed by atoms with Gasteiger partial charge in [-0.3, -0.25) is 4.90 Å². The summed E-state index contributed by atoms with van der Waals surface area (Å²) in [6.07, 6.45) is 1.83. The molecule has 0 aliphatic carbocycles. The van der Waals surface area contributed by atoms with Gasteiger partial charge in [0.05, 0.1) is 6.54 Å². The molecule has 1 saturated heterocycles. The monoisotopic (exact) mass is 304 g/mol. The molecule has 0 amide bonds. The number of aryl methyl sites for hydroxylation is 1. The third kappa shape index (κ3) is 3.51. The fourth-order valence-corrected chi connectivity index (χ4v) is 2.83. The zero-order chi connectivity index (χ0) is 15.4. The first-order valence-corrected chi connectivity index (χ1v) is 7.78. The number of benzene rings is 1. The summed E-state index contributed by atoms with van der Waals surface area (Å²) in [6, 6.07) is 6.90. The molecule has 22 heavy (non-hydrogen) atoms. The van der Waals surface area contributed by atoms with E-state index in [2.05, 4.69) is 27.3 Å². The Morgan fingerprint density at radius 2 is 2.36 bits per heavy atom. The molecule has 1 aromatic heterocycles. The van der Waals surface area contributed by atoms with E-state index < -0.39 is 0 Å². The van der Waals surface area contributed by atoms with Crippen LogP contribution in [-0.4, -0.2) is 34.7 Å². The van der Waals surface area contributed by atoms with E-state index in [0.29, 0.717) is 12.4 Å². The minimum atomic E-state index is -0.203. The number of nitrogens with one attached hydrogen (secondary N) is 1. The molecule has 1 aliphatic heterocycles. The standard InChI is InChI=1S/C16H21FN4O/c1-2-4-15-19-16(22-20-15)11-21-8-7-18-10-14(21)12-5-3-6-13(17)9-12/h3,5-6,9,14,18H,2,4,7-8,10-11H2,1H3. The predicted molar refractivity (Wildman–Crippen MR) is 80.7 cm³/mol. The predicted octanol–water partition coefficient (Wildman–Crippen LogP) is 2.31. The van der Waals surface area contributed by atoms with E-state index in [-0.39, 0.29) is 11.9 Å². The van der Waals surface area contributed by atoms with E-state index in [4.69, 9.17) is 4.52 Å². The number of nitrogens with zero attached hydrogens (tertiary/aromatic N) is 3. The van der Waals surface area contributed by atoms with Crippen molar-refractivity contribution in [3.63, 3.8) is 0 Å². The minimum absolute atomic E-state index is 0.117. The first-order valence-electron chi connectivity index (χ1n) is 7.78. The van der Waals surface area contributed by atoms with Crippen LogP contribution in [0, 0.1) is 5.82 Å². The SMILES string of the molecule is CCCc1noc(CN2CCNCC2c2cccc(F)c2)n1. The van der Waals surface area contributed by atoms with Gasteiger partial charge in [0.2, 0.25) is 5.89 Å². The van der Waals surface area contributed by atoms with Gasteiger partial charge in [-0.05, 0) is 24.1 Å². The van der Waals surface area contributed by atoms with Crippen molar-refractivity contribution in [3.8, 4) is 0 Å². The van der Waals surface area contributed by atoms with Crippen molar-refractivity contribution >= 4 is 0 Å². The smallest absolute Gasteiger partial charge is 0.240 e. The summed E-state index contributed by atoms with van der Waals surface area (Å²) in [5, 5.41) is 7.36. The summed E-state index contributed by atoms with van der Waals surface area (Å²) in [6.45, 7) is 5.25. The topological polar surface area (TPSA) is 54.2 Å². The Kier molecular flexibility index (Phi) is 4.80. The number of rotatable bonds is 5. The normalized spacial score (nSPS) is 19.5. The Morgan fingerprint density at radius 3 is 3.18 bits per heavy atom. The second kappa shape index (κ2) is 6.98. The lowest BCUT2D eigenvalue weighted by atomic mass is 10.0. The molecule has 0 spiro atoms. The van der Waals surface area contributed by atoms with Crippen molar-refractivity contribution in [1.82, 2.24) is 20.4 Å². The second-order valence-electron chi connectivity index (χ2n) is 5.60. The Hall–Kier alpha value is -1.79. The molecule has 2 heterocycles. The Labute approximate surface area is 129 Å². The van der Waals surface area contributed by atoms with Crippen LogP contribution in [0.4, 0.5) is 4.39 Å². The van der Waals surface area contributed by atoms with Crippen LogP contribution in [0.25, 0.3) is 0 Å². The third-order valence-electron chi connectivity index (χ3n) is 3.91. The van der Waals surface area contributed by atoms with E-state index in [1.54, 1.807) is 12.1 Å². The first kappa shape index (κ1) is 15.1. The third-order valence-corrected chi connectivity index (χ3v) is 3.91. The molecule has 0 saturated carbocycles. The molecule has 1 unspecified atom stereocenters. The number of piperazine rings is 1. The van der Waals surface area contributed by atoms with Crippen LogP contribution < -0.4 is 5.32 Å². The molecule has 0 bridgehead atoms. The summed E-state index contributed by atoms with van der Waals surface area (Å²) in [5.41, 5.74) is 0.973. The lowest BCUT2D eigenvalue weighted by Gasteiger charge is -2.35. The zero-order valence-electron chi connectivity index (χ0n) is 12.8. The highest BCUT2D eigenvalue weighted by atomic mass is 19.1. The summed E-state index contributed by atoms with van der Waals surface area (Å²) < 4.78 is 18.8. The van der Waals surface area contributed by atoms with E-state index >= 15 is 0 Å². The first-order chi connectivity index (χ1) is 10.8. The van der Waals surface area contributed by atoms with Crippen LogP contribution in [0.5, 0.6) is 0 Å². The molecule has 1 N–H and O–H groups in total. The zero-order valence-corrected chi connectivity index (χ0v) is 12.8. The Bertz CT molecular complexity index is 616. The van der Waals surface area contributed by atoms with E-state index in [9.17, 15) is 4.39 Å². The van der Waals surface area contributed by atoms with Crippen LogP contribution in [0.2, 0.25) is 0 Å². The highest BCUT2D eigenvalue weighted by Gasteiger charge is 2.25. The maximum absolute atomic E-state index is 13.5. The van der Waals surface area contributed by atoms with Gasteiger partial charge in [-0.25, -0.2) is 4.39 Å². The number of hydrogen-bond donors (Lipinski definition) is 1. The van der Waals surface area contributed by atoms with Crippen molar-refractivity contribution in [2.75, 3.05) is 19.6 Å². The summed E-state index contributed by atoms with van der Waals surface area (Å²) in [7, 11) is 0. The fraction of sp³-hybridized carbons (Fsp3) is 0.500. The Morgan fingerprint density at radius 1 is 1.45 bits per heavy atom. The van der Waals surface area contributed by atoms with Crippen molar-refractivity contribution in [1.29, 1.82) is 0 Å². The van der Waals surface area contributed by atoms with Crippen molar-refractivity contribution in [2.45, 2.75) is 32.4 Å². The fourth-order valence-electron chi connectivity index (χ4n) is 2.83. The largest absolute Gasteiger partial charge is 0.338 e. The van der Waals surface area contributed by atoms with E-state index in [0.717, 1.165) is 43.9 Å². The summed E-state index contributed by atoms with van der Waals surface area (Å²) in [4.78, 5) is 6.68. The molecule has 1 aliphatic rings. The average molecular weight is 304 g/mol. The van der Waals surface area contributed by atoms with Gasteiger partial charge in [0.1, 0.15) is 5.82 Å². The highest BCUT2D eigenvalue weighted by Crippen LogP contribution is 2.24. The van der Waals surface area contributed by atoms with Gasteiger partial charge < -0.3 is 9.84 Å². The molecule has 0 radical (unpaired) electrons. The molecule has 3 rings (SSSR count). The van der Waals surface area contributed by atoms with Gasteiger partial charge in [-0.1, -0.05) is 24.2 Å². The molecule has 118 valence electrons. The van der Waals surface area contributed by atoms with Crippen molar-refractivity contribution < 1.29 is 8.91 Å². The molecular weight excluding hydrogens is 283 g/mol. The average Bonchev–Trinajstić information content (AvgIpc) is 2.95. The number of halogens is 1. The lowest BCUT2D eigenvalue weighted by molar-refractivity contribution is 0.135. The van der Waals surface area contributed by atoms with Crippen LogP contribution in [0.3, 0.4) is 0 Å². The quantitative estimate of drug-likeness (QED) is 0.918. The van der Waals surface area contributed by atoms with E-state index in [1.165, 1.54) is 6.07 Å². The Balaban J connectivity index is 1.74. The molecule has 6 heteroatoms. The van der Waals surface area contributed by atoms with Crippen LogP contribution >= 0.6 is 0 Å². The molecule has 5 nitrogen and oxygen atoms in total. The minimum Gasteiger partial charge on any atom is -0.338 e. The maximum Gasteiger partial charge on any atom is 0.240 e. The van der Waals surface area contributed by atoms with Gasteiger partial charge in [-0.15, -0.1) is 0 Å². The molecular formula is C16H21FN4O. The van der Waals surface area contributed by atoms with E-state index in [1.807, 2.05) is 6.07 Å². The lowest BCUT2D eigenvalue weighted by Crippen LogP contribution is -2.45. The van der Waals surface area contributed by atoms with Gasteiger partial charge in [0, 0.05) is 32.1 Å². The van der Waals surface area contributed by atoms with Crippen LogP contribution in [0.1, 0.15) is 36.7 Å². The van der Waals surface area contributed by atoms with Gasteiger partial charge >= 0.3 is 0 Å². The molecule has 1 atom stereocenters. The van der Waals surface area contributed by atoms with Crippen LogP contribution in [-0.2, 0) is 13.0 Å². The van der Waals surface area contributed by atoms with Gasteiger partial charge in [0.25, 0.3) is 0 Å². The second-order valence-corrected chi connectivity index (χ2v) is 5.60. The van der Waals surface area contributed by atoms with Crippen LogP contribution in [0.15, 0.2) is 28.8 Å². The number of hydrogen-bond acceptors (Lipinski definition) is 5. The molecule has 2 aromatic rings. The summed E-state index contributed by atoms with van der Waals surface area (Å²) >= 11 is 0. The number of aromatic nitrogens is 2. The molecule has 1 aromatic carbocycles.